The number of imidazole rings is 1. The molecular weight excluding hydrogens is 306 g/mol. The molecule has 2 heterocycles. The molecule has 0 saturated carbocycles. The molecule has 2 rings (SSSR count). The van der Waals surface area contributed by atoms with Crippen LogP contribution in [0.4, 0.5) is 0 Å². The number of carboxylic acid groups (broad SMARTS) is 1. The second kappa shape index (κ2) is 7.09. The summed E-state index contributed by atoms with van der Waals surface area (Å²) in [5.41, 5.74) is 2.18. The van der Waals surface area contributed by atoms with Gasteiger partial charge >= 0.3 is 5.97 Å². The number of nitrogens with zero attached hydrogens (tertiary/aromatic N) is 3. The molecule has 0 amide bonds. The summed E-state index contributed by atoms with van der Waals surface area (Å²) >= 11 is 2.93. The predicted octanol–water partition coefficient (Wildman–Crippen LogP) is 3.19. The fourth-order valence-electron chi connectivity index (χ4n) is 2.02. The van der Waals surface area contributed by atoms with E-state index in [1.807, 2.05) is 18.5 Å². The van der Waals surface area contributed by atoms with Gasteiger partial charge in [-0.3, -0.25) is 4.79 Å². The normalized spacial score (nSPS) is 11.2. The summed E-state index contributed by atoms with van der Waals surface area (Å²) in [6.07, 6.45) is 2.69. The average molecular weight is 325 g/mol. The Kier molecular flexibility index (Phi) is 5.41. The van der Waals surface area contributed by atoms with Crippen molar-refractivity contribution in [2.45, 2.75) is 44.8 Å². The van der Waals surface area contributed by atoms with Gasteiger partial charge in [-0.25, -0.2) is 9.97 Å². The molecule has 0 unspecified atom stereocenters. The van der Waals surface area contributed by atoms with Crippen molar-refractivity contribution in [3.05, 3.63) is 28.0 Å². The third-order valence-electron chi connectivity index (χ3n) is 2.98. The second-order valence-electron chi connectivity index (χ2n) is 5.09. The van der Waals surface area contributed by atoms with E-state index >= 15 is 0 Å². The first kappa shape index (κ1) is 16.0. The van der Waals surface area contributed by atoms with Gasteiger partial charge in [-0.2, -0.15) is 0 Å². The minimum absolute atomic E-state index is 0.0326. The fraction of sp³-hybridized carbons (Fsp3) is 0.500. The van der Waals surface area contributed by atoms with Gasteiger partial charge in [-0.15, -0.1) is 11.3 Å². The van der Waals surface area contributed by atoms with Crippen molar-refractivity contribution in [1.82, 2.24) is 14.5 Å². The number of carbonyl (C=O) groups is 1. The zero-order chi connectivity index (χ0) is 15.4. The van der Waals surface area contributed by atoms with Crippen LogP contribution in [-0.4, -0.2) is 31.4 Å². The molecule has 1 N–H and O–H groups in total. The lowest BCUT2D eigenvalue weighted by Crippen LogP contribution is -2.09. The molecule has 0 fully saturated rings. The highest BCUT2D eigenvalue weighted by atomic mass is 32.2. The predicted molar refractivity (Wildman–Crippen MR) is 85.2 cm³/mol. The summed E-state index contributed by atoms with van der Waals surface area (Å²) in [5.74, 6) is -0.434. The zero-order valence-electron chi connectivity index (χ0n) is 12.4. The monoisotopic (exact) mass is 325 g/mol. The third kappa shape index (κ3) is 4.31. The smallest absolute Gasteiger partial charge is 0.313 e. The first-order valence-corrected chi connectivity index (χ1v) is 8.65. The number of hydrogen-bond acceptors (Lipinski definition) is 5. The Morgan fingerprint density at radius 2 is 2.29 bits per heavy atom. The van der Waals surface area contributed by atoms with Crippen molar-refractivity contribution >= 4 is 29.1 Å². The lowest BCUT2D eigenvalue weighted by Gasteiger charge is -2.12. The van der Waals surface area contributed by atoms with E-state index in [1.54, 1.807) is 11.3 Å². The van der Waals surface area contributed by atoms with Crippen molar-refractivity contribution in [1.29, 1.82) is 0 Å². The minimum atomic E-state index is -0.823. The summed E-state index contributed by atoms with van der Waals surface area (Å²) in [7, 11) is 0. The average Bonchev–Trinajstić information content (AvgIpc) is 2.99. The number of rotatable bonds is 7. The molecule has 0 aliphatic rings. The van der Waals surface area contributed by atoms with E-state index in [0.717, 1.165) is 34.5 Å². The van der Waals surface area contributed by atoms with Crippen LogP contribution in [0.2, 0.25) is 0 Å². The molecule has 0 aliphatic heterocycles. The van der Waals surface area contributed by atoms with E-state index in [9.17, 15) is 4.79 Å². The lowest BCUT2D eigenvalue weighted by molar-refractivity contribution is -0.133. The number of aliphatic carboxylic acids is 1. The lowest BCUT2D eigenvalue weighted by atomic mass is 10.1. The van der Waals surface area contributed by atoms with Crippen molar-refractivity contribution in [2.24, 2.45) is 0 Å². The summed E-state index contributed by atoms with van der Waals surface area (Å²) in [4.78, 5) is 19.6. The van der Waals surface area contributed by atoms with E-state index in [2.05, 4.69) is 28.4 Å². The first-order valence-electron chi connectivity index (χ1n) is 6.78. The molecule has 2 aromatic rings. The van der Waals surface area contributed by atoms with Crippen LogP contribution < -0.4 is 0 Å². The van der Waals surface area contributed by atoms with Crippen molar-refractivity contribution in [2.75, 3.05) is 5.75 Å². The molecule has 0 radical (unpaired) electrons. The summed E-state index contributed by atoms with van der Waals surface area (Å²) in [5, 5.41) is 12.7. The van der Waals surface area contributed by atoms with Gasteiger partial charge in [0.1, 0.15) is 0 Å². The van der Waals surface area contributed by atoms with Gasteiger partial charge in [-0.05, 0) is 12.8 Å². The highest BCUT2D eigenvalue weighted by Crippen LogP contribution is 2.24. The van der Waals surface area contributed by atoms with Crippen LogP contribution in [0.25, 0.3) is 0 Å². The number of aromatic nitrogens is 3. The number of hydrogen-bond donors (Lipinski definition) is 1. The Balaban J connectivity index is 2.13. The highest BCUT2D eigenvalue weighted by molar-refractivity contribution is 7.99. The fourth-order valence-corrected chi connectivity index (χ4v) is 3.52. The van der Waals surface area contributed by atoms with Crippen LogP contribution in [0, 0.1) is 6.92 Å². The summed E-state index contributed by atoms with van der Waals surface area (Å²) in [6, 6.07) is 0. The maximum atomic E-state index is 10.7. The quantitative estimate of drug-likeness (QED) is 0.792. The van der Waals surface area contributed by atoms with E-state index in [0.29, 0.717) is 5.92 Å². The first-order chi connectivity index (χ1) is 9.97. The van der Waals surface area contributed by atoms with Gasteiger partial charge in [0.25, 0.3) is 0 Å². The molecule has 2 aromatic heterocycles. The molecule has 0 bridgehead atoms. The number of carboxylic acids is 1. The van der Waals surface area contributed by atoms with Gasteiger partial charge in [0.2, 0.25) is 0 Å². The molecule has 0 aromatic carbocycles. The van der Waals surface area contributed by atoms with Crippen molar-refractivity contribution in [3.63, 3.8) is 0 Å². The number of thioether (sulfide) groups is 1. The Morgan fingerprint density at radius 1 is 1.52 bits per heavy atom. The van der Waals surface area contributed by atoms with E-state index in [-0.39, 0.29) is 5.75 Å². The Morgan fingerprint density at radius 3 is 2.86 bits per heavy atom. The molecule has 5 nitrogen and oxygen atoms in total. The van der Waals surface area contributed by atoms with E-state index < -0.39 is 5.97 Å². The highest BCUT2D eigenvalue weighted by Gasteiger charge is 2.14. The number of thiazole rings is 1. The largest absolute Gasteiger partial charge is 0.481 e. The van der Waals surface area contributed by atoms with Gasteiger partial charge in [0, 0.05) is 35.9 Å². The molecular formula is C14H19N3O2S2. The van der Waals surface area contributed by atoms with E-state index in [4.69, 9.17) is 5.11 Å². The van der Waals surface area contributed by atoms with Gasteiger partial charge in [0.15, 0.2) is 5.16 Å². The van der Waals surface area contributed by atoms with Gasteiger partial charge in [0.05, 0.1) is 10.8 Å². The van der Waals surface area contributed by atoms with Crippen LogP contribution >= 0.6 is 23.1 Å². The molecule has 7 heteroatoms. The SMILES string of the molecule is Cc1csc(CCn2c(C(C)C)cnc2SCC(=O)O)n1. The molecule has 0 aliphatic carbocycles. The Hall–Kier alpha value is -1.34. The maximum absolute atomic E-state index is 10.7. The summed E-state index contributed by atoms with van der Waals surface area (Å²) < 4.78 is 2.12. The Labute approximate surface area is 132 Å². The van der Waals surface area contributed by atoms with Crippen LogP contribution in [0.3, 0.4) is 0 Å². The summed E-state index contributed by atoms with van der Waals surface area (Å²) in [6.45, 7) is 7.01. The van der Waals surface area contributed by atoms with Crippen LogP contribution in [0.1, 0.15) is 36.2 Å². The molecule has 0 spiro atoms. The Bertz CT molecular complexity index is 620. The molecule has 21 heavy (non-hydrogen) atoms. The van der Waals surface area contributed by atoms with Crippen LogP contribution in [-0.2, 0) is 17.8 Å². The third-order valence-corrected chi connectivity index (χ3v) is 4.98. The van der Waals surface area contributed by atoms with Crippen LogP contribution in [0.5, 0.6) is 0 Å². The molecule has 114 valence electrons. The van der Waals surface area contributed by atoms with Crippen LogP contribution in [0.15, 0.2) is 16.7 Å². The minimum Gasteiger partial charge on any atom is -0.481 e. The topological polar surface area (TPSA) is 68.0 Å². The van der Waals surface area contributed by atoms with Crippen molar-refractivity contribution < 1.29 is 9.90 Å². The second-order valence-corrected chi connectivity index (χ2v) is 6.97. The van der Waals surface area contributed by atoms with Crippen molar-refractivity contribution in [3.8, 4) is 0 Å². The van der Waals surface area contributed by atoms with Gasteiger partial charge in [-0.1, -0.05) is 25.6 Å². The molecule has 0 saturated heterocycles. The maximum Gasteiger partial charge on any atom is 0.313 e. The van der Waals surface area contributed by atoms with E-state index in [1.165, 1.54) is 11.8 Å². The standard InChI is InChI=1S/C14H19N3O2S2/c1-9(2)11-6-15-14(21-8-13(18)19)17(11)5-4-12-16-10(3)7-20-12/h6-7,9H,4-5,8H2,1-3H3,(H,18,19). The number of aryl methyl sites for hydroxylation is 2. The van der Waals surface area contributed by atoms with Gasteiger partial charge < -0.3 is 9.67 Å². The zero-order valence-corrected chi connectivity index (χ0v) is 14.0. The molecule has 0 atom stereocenters.